The van der Waals surface area contributed by atoms with Crippen LogP contribution in [0.15, 0.2) is 18.2 Å². The lowest BCUT2D eigenvalue weighted by Gasteiger charge is -2.19. The maximum Gasteiger partial charge on any atom is 0.412 e. The number of alkyl halides is 2. The second-order valence-electron chi connectivity index (χ2n) is 4.65. The minimum atomic E-state index is -2.96. The molecule has 0 saturated heterocycles. The first kappa shape index (κ1) is 15.5. The Kier molecular flexibility index (Phi) is 4.94. The number of nitrogens with one attached hydrogen (secondary N) is 1. The summed E-state index contributed by atoms with van der Waals surface area (Å²) in [6.45, 7) is 2.21. The number of carbonyl (C=O) groups is 1. The van der Waals surface area contributed by atoms with E-state index < -0.39 is 18.3 Å². The van der Waals surface area contributed by atoms with Crippen LogP contribution in [0.25, 0.3) is 0 Å². The van der Waals surface area contributed by atoms with Gasteiger partial charge in [-0.3, -0.25) is 5.32 Å². The summed E-state index contributed by atoms with van der Waals surface area (Å²) in [6, 6.07) is 3.91. The summed E-state index contributed by atoms with van der Waals surface area (Å²) < 4.78 is 33.3. The molecule has 4 nitrogen and oxygen atoms in total. The first-order valence-electron chi connectivity index (χ1n) is 5.42. The summed E-state index contributed by atoms with van der Waals surface area (Å²) in [5, 5.41) is 2.40. The van der Waals surface area contributed by atoms with Gasteiger partial charge in [-0.25, -0.2) is 4.79 Å². The highest BCUT2D eigenvalue weighted by Gasteiger charge is 2.17. The van der Waals surface area contributed by atoms with E-state index in [2.05, 4.69) is 10.1 Å². The van der Waals surface area contributed by atoms with Crippen LogP contribution in [-0.2, 0) is 4.74 Å². The van der Waals surface area contributed by atoms with Crippen LogP contribution < -0.4 is 10.1 Å². The predicted octanol–water partition coefficient (Wildman–Crippen LogP) is 4.29. The second kappa shape index (κ2) is 6.06. The normalized spacial score (nSPS) is 11.3. The van der Waals surface area contributed by atoms with Gasteiger partial charge in [-0.2, -0.15) is 8.78 Å². The molecule has 0 radical (unpaired) electrons. The zero-order valence-corrected chi connectivity index (χ0v) is 11.4. The fourth-order valence-electron chi connectivity index (χ4n) is 1.19. The summed E-state index contributed by atoms with van der Waals surface area (Å²) in [7, 11) is 0. The fourth-order valence-corrected chi connectivity index (χ4v) is 1.42. The van der Waals surface area contributed by atoms with E-state index in [0.717, 1.165) is 0 Å². The van der Waals surface area contributed by atoms with Gasteiger partial charge in [-0.15, -0.1) is 0 Å². The van der Waals surface area contributed by atoms with Gasteiger partial charge in [0, 0.05) is 5.69 Å². The smallest absolute Gasteiger partial charge is 0.412 e. The molecule has 0 aliphatic carbocycles. The quantitative estimate of drug-likeness (QED) is 0.904. The Labute approximate surface area is 114 Å². The number of halogens is 3. The molecule has 1 amide bonds. The number of anilines is 1. The highest BCUT2D eigenvalue weighted by molar-refractivity contribution is 6.32. The first-order chi connectivity index (χ1) is 8.67. The Morgan fingerprint density at radius 1 is 1.37 bits per heavy atom. The van der Waals surface area contributed by atoms with Crippen LogP contribution in [-0.4, -0.2) is 18.3 Å². The van der Waals surface area contributed by atoms with Crippen LogP contribution >= 0.6 is 11.6 Å². The van der Waals surface area contributed by atoms with E-state index in [1.807, 2.05) is 0 Å². The highest BCUT2D eigenvalue weighted by atomic mass is 35.5. The van der Waals surface area contributed by atoms with Crippen molar-refractivity contribution in [3.63, 3.8) is 0 Å². The largest absolute Gasteiger partial charge is 0.444 e. The Balaban J connectivity index is 2.71. The highest BCUT2D eigenvalue weighted by Crippen LogP contribution is 2.29. The van der Waals surface area contributed by atoms with E-state index in [4.69, 9.17) is 16.3 Å². The Hall–Kier alpha value is -1.56. The zero-order chi connectivity index (χ0) is 14.6. The van der Waals surface area contributed by atoms with Gasteiger partial charge in [0.05, 0.1) is 5.02 Å². The van der Waals surface area contributed by atoms with Crippen molar-refractivity contribution >= 4 is 23.4 Å². The first-order valence-corrected chi connectivity index (χ1v) is 5.79. The maximum absolute atomic E-state index is 12.0. The lowest BCUT2D eigenvalue weighted by atomic mass is 10.2. The van der Waals surface area contributed by atoms with Crippen molar-refractivity contribution in [1.29, 1.82) is 0 Å². The van der Waals surface area contributed by atoms with Gasteiger partial charge < -0.3 is 9.47 Å². The van der Waals surface area contributed by atoms with E-state index >= 15 is 0 Å². The van der Waals surface area contributed by atoms with Gasteiger partial charge in [0.15, 0.2) is 0 Å². The summed E-state index contributed by atoms with van der Waals surface area (Å²) in [4.78, 5) is 11.5. The molecule has 0 atom stereocenters. The molecular weight excluding hydrogens is 280 g/mol. The molecule has 0 unspecified atom stereocenters. The standard InChI is InChI=1S/C12H14ClF2NO3/c1-12(2,3)19-11(17)16-7-4-5-9(8(13)6-7)18-10(14)15/h4-6,10H,1-3H3,(H,16,17). The summed E-state index contributed by atoms with van der Waals surface area (Å²) in [5.41, 5.74) is -0.312. The molecule has 1 aromatic carbocycles. The Bertz CT molecular complexity index is 461. The summed E-state index contributed by atoms with van der Waals surface area (Å²) >= 11 is 5.74. The van der Waals surface area contributed by atoms with Crippen molar-refractivity contribution in [2.24, 2.45) is 0 Å². The number of benzene rings is 1. The molecule has 1 N–H and O–H groups in total. The molecule has 7 heteroatoms. The molecule has 0 bridgehead atoms. The van der Waals surface area contributed by atoms with Gasteiger partial charge in [-0.1, -0.05) is 11.6 Å². The minimum Gasteiger partial charge on any atom is -0.444 e. The van der Waals surface area contributed by atoms with E-state index in [1.54, 1.807) is 20.8 Å². The van der Waals surface area contributed by atoms with Crippen LogP contribution in [0.1, 0.15) is 20.8 Å². The van der Waals surface area contributed by atoms with Crippen molar-refractivity contribution in [1.82, 2.24) is 0 Å². The molecule has 0 spiro atoms. The predicted molar refractivity (Wildman–Crippen MR) is 67.9 cm³/mol. The lowest BCUT2D eigenvalue weighted by Crippen LogP contribution is -2.27. The summed E-state index contributed by atoms with van der Waals surface area (Å²) in [6.07, 6.45) is -0.661. The molecule has 0 aromatic heterocycles. The van der Waals surface area contributed by atoms with Crippen LogP contribution in [0.4, 0.5) is 19.3 Å². The molecule has 0 aliphatic heterocycles. The third-order valence-corrected chi connectivity index (χ3v) is 2.09. The van der Waals surface area contributed by atoms with Crippen LogP contribution in [0.5, 0.6) is 5.75 Å². The number of carbonyl (C=O) groups excluding carboxylic acids is 1. The van der Waals surface area contributed by atoms with Crippen molar-refractivity contribution < 1.29 is 23.0 Å². The van der Waals surface area contributed by atoms with Crippen LogP contribution in [0, 0.1) is 0 Å². The van der Waals surface area contributed by atoms with E-state index in [0.29, 0.717) is 5.69 Å². The Morgan fingerprint density at radius 2 is 2.00 bits per heavy atom. The molecule has 0 heterocycles. The molecule has 1 aromatic rings. The molecule has 0 saturated carbocycles. The molecule has 0 fully saturated rings. The monoisotopic (exact) mass is 293 g/mol. The van der Waals surface area contributed by atoms with Crippen LogP contribution in [0.2, 0.25) is 5.02 Å². The summed E-state index contributed by atoms with van der Waals surface area (Å²) in [5.74, 6) is -0.161. The minimum absolute atomic E-state index is 0.0335. The number of hydrogen-bond acceptors (Lipinski definition) is 3. The topological polar surface area (TPSA) is 47.6 Å². The maximum atomic E-state index is 12.0. The molecule has 1 rings (SSSR count). The average molecular weight is 294 g/mol. The van der Waals surface area contributed by atoms with Crippen molar-refractivity contribution in [2.45, 2.75) is 33.0 Å². The SMILES string of the molecule is CC(C)(C)OC(=O)Nc1ccc(OC(F)F)c(Cl)c1. The van der Waals surface area contributed by atoms with Crippen molar-refractivity contribution in [3.05, 3.63) is 23.2 Å². The second-order valence-corrected chi connectivity index (χ2v) is 5.06. The average Bonchev–Trinajstić information content (AvgIpc) is 2.18. The third-order valence-electron chi connectivity index (χ3n) is 1.79. The number of ether oxygens (including phenoxy) is 2. The Morgan fingerprint density at radius 3 is 2.47 bits per heavy atom. The van der Waals surface area contributed by atoms with Gasteiger partial charge in [0.1, 0.15) is 11.4 Å². The molecular formula is C12H14ClF2NO3. The van der Waals surface area contributed by atoms with E-state index in [1.165, 1.54) is 18.2 Å². The van der Waals surface area contributed by atoms with Gasteiger partial charge in [0.25, 0.3) is 0 Å². The number of rotatable bonds is 3. The zero-order valence-electron chi connectivity index (χ0n) is 10.7. The van der Waals surface area contributed by atoms with Gasteiger partial charge in [0.2, 0.25) is 0 Å². The number of amides is 1. The van der Waals surface area contributed by atoms with Gasteiger partial charge in [-0.05, 0) is 39.0 Å². The van der Waals surface area contributed by atoms with E-state index in [-0.39, 0.29) is 10.8 Å². The van der Waals surface area contributed by atoms with Gasteiger partial charge >= 0.3 is 12.7 Å². The fraction of sp³-hybridized carbons (Fsp3) is 0.417. The van der Waals surface area contributed by atoms with E-state index in [9.17, 15) is 13.6 Å². The third kappa shape index (κ3) is 5.74. The number of hydrogen-bond donors (Lipinski definition) is 1. The van der Waals surface area contributed by atoms with Crippen LogP contribution in [0.3, 0.4) is 0 Å². The van der Waals surface area contributed by atoms with Crippen molar-refractivity contribution in [3.8, 4) is 5.75 Å². The molecule has 0 aliphatic rings. The molecule has 106 valence electrons. The van der Waals surface area contributed by atoms with Crippen molar-refractivity contribution in [2.75, 3.05) is 5.32 Å². The lowest BCUT2D eigenvalue weighted by molar-refractivity contribution is -0.0497. The molecule has 19 heavy (non-hydrogen) atoms.